The average Bonchev–Trinajstić information content (AvgIpc) is 2.67. The van der Waals surface area contributed by atoms with Gasteiger partial charge in [0.25, 0.3) is 0 Å². The van der Waals surface area contributed by atoms with Gasteiger partial charge in [0.1, 0.15) is 5.82 Å². The Morgan fingerprint density at radius 3 is 2.34 bits per heavy atom. The maximum Gasteiger partial charge on any atom is 0.243 e. The van der Waals surface area contributed by atoms with E-state index in [2.05, 4.69) is 10.6 Å². The molecule has 2 unspecified atom stereocenters. The minimum atomic E-state index is -3.64. The molecule has 1 aliphatic heterocycles. The van der Waals surface area contributed by atoms with Crippen molar-refractivity contribution in [3.8, 4) is 0 Å². The molecule has 9 heteroatoms. The number of carbonyl (C=O) groups excluding carboxylic acids is 1. The lowest BCUT2D eigenvalue weighted by Crippen LogP contribution is -2.48. The zero-order chi connectivity index (χ0) is 21.0. The van der Waals surface area contributed by atoms with Gasteiger partial charge in [0.15, 0.2) is 0 Å². The van der Waals surface area contributed by atoms with Crippen molar-refractivity contribution in [2.24, 2.45) is 0 Å². The van der Waals surface area contributed by atoms with Crippen LogP contribution in [-0.2, 0) is 19.6 Å². The second-order valence-corrected chi connectivity index (χ2v) is 8.92. The molecular formula is C20H24FN3O4S. The molecule has 2 aromatic rings. The lowest BCUT2D eigenvalue weighted by atomic mass is 10.3. The number of morpholine rings is 1. The molecule has 0 aromatic heterocycles. The number of carbonyl (C=O) groups is 1. The fraction of sp³-hybridized carbons (Fsp3) is 0.350. The van der Waals surface area contributed by atoms with Gasteiger partial charge in [0, 0.05) is 18.8 Å². The number of hydrogen-bond donors (Lipinski definition) is 2. The van der Waals surface area contributed by atoms with E-state index in [-0.39, 0.29) is 35.2 Å². The number of benzene rings is 2. The van der Waals surface area contributed by atoms with Gasteiger partial charge < -0.3 is 15.4 Å². The lowest BCUT2D eigenvalue weighted by molar-refractivity contribution is -0.114. The first-order chi connectivity index (χ1) is 13.8. The summed E-state index contributed by atoms with van der Waals surface area (Å²) >= 11 is 0. The van der Waals surface area contributed by atoms with Crippen LogP contribution in [0.4, 0.5) is 15.8 Å². The molecule has 2 atom stereocenters. The number of nitrogens with one attached hydrogen (secondary N) is 2. The molecule has 7 nitrogen and oxygen atoms in total. The number of hydrogen-bond acceptors (Lipinski definition) is 5. The molecule has 0 bridgehead atoms. The summed E-state index contributed by atoms with van der Waals surface area (Å²) in [6.45, 7) is 4.16. The Hall–Kier alpha value is -2.49. The summed E-state index contributed by atoms with van der Waals surface area (Å²) in [5.41, 5.74) is 0.686. The Balaban J connectivity index is 1.61. The SMILES string of the molecule is CC1CN(S(=O)(=O)c2ccc(NC(=O)CNc3ccccc3F)cc2)CC(C)O1. The summed E-state index contributed by atoms with van der Waals surface area (Å²) in [6, 6.07) is 12.0. The minimum absolute atomic E-state index is 0.120. The highest BCUT2D eigenvalue weighted by Crippen LogP contribution is 2.22. The Kier molecular flexibility index (Phi) is 6.51. The van der Waals surface area contributed by atoms with Gasteiger partial charge in [-0.05, 0) is 50.2 Å². The molecular weight excluding hydrogens is 397 g/mol. The third kappa shape index (κ3) is 5.31. The second-order valence-electron chi connectivity index (χ2n) is 6.99. The van der Waals surface area contributed by atoms with Crippen molar-refractivity contribution in [3.05, 3.63) is 54.3 Å². The van der Waals surface area contributed by atoms with Crippen LogP contribution in [0.3, 0.4) is 0 Å². The first-order valence-electron chi connectivity index (χ1n) is 9.29. The fourth-order valence-corrected chi connectivity index (χ4v) is 4.76. The molecule has 156 valence electrons. The Morgan fingerprint density at radius 1 is 1.10 bits per heavy atom. The molecule has 0 spiro atoms. The highest BCUT2D eigenvalue weighted by Gasteiger charge is 2.32. The van der Waals surface area contributed by atoms with Gasteiger partial charge in [-0.2, -0.15) is 4.31 Å². The molecule has 2 N–H and O–H groups in total. The molecule has 2 aromatic carbocycles. The van der Waals surface area contributed by atoms with E-state index in [0.29, 0.717) is 18.8 Å². The molecule has 1 fully saturated rings. The quantitative estimate of drug-likeness (QED) is 0.749. The van der Waals surface area contributed by atoms with Gasteiger partial charge in [-0.25, -0.2) is 12.8 Å². The minimum Gasteiger partial charge on any atom is -0.374 e. The van der Waals surface area contributed by atoms with E-state index in [9.17, 15) is 17.6 Å². The maximum atomic E-state index is 13.6. The van der Waals surface area contributed by atoms with Crippen molar-refractivity contribution in [2.45, 2.75) is 31.0 Å². The van der Waals surface area contributed by atoms with Crippen LogP contribution in [-0.4, -0.2) is 50.5 Å². The zero-order valence-electron chi connectivity index (χ0n) is 16.3. The van der Waals surface area contributed by atoms with Crippen LogP contribution < -0.4 is 10.6 Å². The van der Waals surface area contributed by atoms with Gasteiger partial charge in [-0.1, -0.05) is 12.1 Å². The number of rotatable bonds is 6. The number of anilines is 2. The van der Waals surface area contributed by atoms with E-state index in [1.54, 1.807) is 12.1 Å². The largest absolute Gasteiger partial charge is 0.374 e. The first-order valence-corrected chi connectivity index (χ1v) is 10.7. The molecule has 0 radical (unpaired) electrons. The number of para-hydroxylation sites is 1. The first kappa shape index (κ1) is 21.2. The van der Waals surface area contributed by atoms with Crippen molar-refractivity contribution in [1.29, 1.82) is 0 Å². The molecule has 29 heavy (non-hydrogen) atoms. The summed E-state index contributed by atoms with van der Waals surface area (Å²) in [7, 11) is -3.64. The van der Waals surface area contributed by atoms with Crippen LogP contribution in [0.2, 0.25) is 0 Å². The van der Waals surface area contributed by atoms with Gasteiger partial charge in [0.05, 0.1) is 29.3 Å². The van der Waals surface area contributed by atoms with Gasteiger partial charge in [-0.15, -0.1) is 0 Å². The number of sulfonamides is 1. The van der Waals surface area contributed by atoms with Crippen molar-refractivity contribution in [3.63, 3.8) is 0 Å². The second kappa shape index (κ2) is 8.89. The van der Waals surface area contributed by atoms with E-state index in [1.165, 1.54) is 40.7 Å². The summed E-state index contributed by atoms with van der Waals surface area (Å²) in [5.74, 6) is -0.818. The molecule has 1 saturated heterocycles. The van der Waals surface area contributed by atoms with Crippen LogP contribution >= 0.6 is 0 Å². The van der Waals surface area contributed by atoms with E-state index < -0.39 is 15.8 Å². The van der Waals surface area contributed by atoms with Crippen LogP contribution in [0.5, 0.6) is 0 Å². The van der Waals surface area contributed by atoms with Crippen LogP contribution in [0.15, 0.2) is 53.4 Å². The van der Waals surface area contributed by atoms with Crippen molar-refractivity contribution in [2.75, 3.05) is 30.3 Å². The smallest absolute Gasteiger partial charge is 0.243 e. The third-order valence-electron chi connectivity index (χ3n) is 4.48. The van der Waals surface area contributed by atoms with Crippen LogP contribution in [0.1, 0.15) is 13.8 Å². The molecule has 0 saturated carbocycles. The standard InChI is InChI=1S/C20H24FN3O4S/c1-14-12-24(13-15(2)28-14)29(26,27)17-9-7-16(8-10-17)23-20(25)11-22-19-6-4-3-5-18(19)21/h3-10,14-15,22H,11-13H2,1-2H3,(H,23,25). The van der Waals surface area contributed by atoms with Crippen molar-refractivity contribution < 1.29 is 22.3 Å². The molecule has 3 rings (SSSR count). The topological polar surface area (TPSA) is 87.7 Å². The van der Waals surface area contributed by atoms with E-state index >= 15 is 0 Å². The zero-order valence-corrected chi connectivity index (χ0v) is 17.1. The lowest BCUT2D eigenvalue weighted by Gasteiger charge is -2.34. The molecule has 1 amide bonds. The summed E-state index contributed by atoms with van der Waals surface area (Å²) in [6.07, 6.45) is -0.344. The van der Waals surface area contributed by atoms with Crippen LogP contribution in [0.25, 0.3) is 0 Å². The predicted octanol–water partition coefficient (Wildman–Crippen LogP) is 2.67. The van der Waals surface area contributed by atoms with Crippen molar-refractivity contribution in [1.82, 2.24) is 4.31 Å². The number of ether oxygens (including phenoxy) is 1. The third-order valence-corrected chi connectivity index (χ3v) is 6.32. The van der Waals surface area contributed by atoms with Gasteiger partial charge in [0.2, 0.25) is 15.9 Å². The maximum absolute atomic E-state index is 13.6. The van der Waals surface area contributed by atoms with Gasteiger partial charge >= 0.3 is 0 Å². The van der Waals surface area contributed by atoms with Gasteiger partial charge in [-0.3, -0.25) is 4.79 Å². The van der Waals surface area contributed by atoms with E-state index in [4.69, 9.17) is 4.74 Å². The molecule has 0 aliphatic carbocycles. The number of amides is 1. The summed E-state index contributed by atoms with van der Waals surface area (Å²) in [4.78, 5) is 12.2. The average molecular weight is 421 g/mol. The fourth-order valence-electron chi connectivity index (χ4n) is 3.17. The molecule has 1 aliphatic rings. The number of nitrogens with zero attached hydrogens (tertiary/aromatic N) is 1. The van der Waals surface area contributed by atoms with E-state index in [0.717, 1.165) is 0 Å². The van der Waals surface area contributed by atoms with Crippen LogP contribution in [0, 0.1) is 5.82 Å². The predicted molar refractivity (Wildman–Crippen MR) is 109 cm³/mol. The Morgan fingerprint density at radius 2 is 1.72 bits per heavy atom. The summed E-state index contributed by atoms with van der Waals surface area (Å²) in [5, 5.41) is 5.37. The Bertz CT molecular complexity index is 956. The van der Waals surface area contributed by atoms with E-state index in [1.807, 2.05) is 13.8 Å². The normalized spacial score (nSPS) is 20.2. The summed E-state index contributed by atoms with van der Waals surface area (Å²) < 4.78 is 46.2. The number of halogens is 1. The highest BCUT2D eigenvalue weighted by atomic mass is 32.2. The molecule has 1 heterocycles. The monoisotopic (exact) mass is 421 g/mol. The Labute approximate surface area is 169 Å². The highest BCUT2D eigenvalue weighted by molar-refractivity contribution is 7.89. The van der Waals surface area contributed by atoms with Crippen molar-refractivity contribution >= 4 is 27.3 Å².